The van der Waals surface area contributed by atoms with Gasteiger partial charge in [-0.15, -0.1) is 0 Å². The number of allylic oxidation sites excluding steroid dienone is 1. The number of hydrogen-bond donors (Lipinski definition) is 0. The van der Waals surface area contributed by atoms with Crippen LogP contribution in [0.5, 0.6) is 0 Å². The van der Waals surface area contributed by atoms with Crippen molar-refractivity contribution in [2.24, 2.45) is 23.7 Å². The Morgan fingerprint density at radius 3 is 1.68 bits per heavy atom. The molecule has 0 spiro atoms. The zero-order valence-corrected chi connectivity index (χ0v) is 19.5. The van der Waals surface area contributed by atoms with Crippen molar-refractivity contribution in [3.05, 3.63) is 12.2 Å². The van der Waals surface area contributed by atoms with Crippen molar-refractivity contribution in [1.82, 2.24) is 0 Å². The molecule has 0 N–H and O–H groups in total. The van der Waals surface area contributed by atoms with E-state index in [0.29, 0.717) is 23.7 Å². The molecule has 0 saturated heterocycles. The van der Waals surface area contributed by atoms with Gasteiger partial charge in [-0.25, -0.2) is 0 Å². The van der Waals surface area contributed by atoms with Crippen molar-refractivity contribution < 1.29 is 4.43 Å². The van der Waals surface area contributed by atoms with Gasteiger partial charge >= 0.3 is 0 Å². The third-order valence-corrected chi connectivity index (χ3v) is 9.84. The van der Waals surface area contributed by atoms with Crippen molar-refractivity contribution in [2.45, 2.75) is 99.4 Å². The predicted octanol–water partition coefficient (Wildman–Crippen LogP) is 7.30. The second-order valence-electron chi connectivity index (χ2n) is 9.33. The van der Waals surface area contributed by atoms with E-state index in [9.17, 15) is 0 Å². The predicted molar refractivity (Wildman–Crippen MR) is 116 cm³/mol. The molecule has 25 heavy (non-hydrogen) atoms. The monoisotopic (exact) mass is 364 g/mol. The van der Waals surface area contributed by atoms with E-state index in [2.05, 4.69) is 73.8 Å². The maximum atomic E-state index is 7.06. The summed E-state index contributed by atoms with van der Waals surface area (Å²) in [6, 6.07) is 3.73. The molecular weight excluding hydrogens is 320 g/mol. The standard InChI is InChI=1S/C23H44OSi/c1-11-12-22(10)23(14-13-18(2)3)24-25(15-19(4)5,16-20(6)7)17-21(8)9/h19-23H,2,11-12,15-17H2,1,3-10H3. The molecule has 0 rings (SSSR count). The molecule has 0 aromatic rings. The third-order valence-electron chi connectivity index (χ3n) is 4.41. The van der Waals surface area contributed by atoms with Gasteiger partial charge in [0.1, 0.15) is 6.10 Å². The fraction of sp³-hybridized carbons (Fsp3) is 0.826. The lowest BCUT2D eigenvalue weighted by Gasteiger charge is -2.39. The second kappa shape index (κ2) is 12.0. The molecule has 0 amide bonds. The summed E-state index contributed by atoms with van der Waals surface area (Å²) in [6.07, 6.45) is 2.41. The zero-order chi connectivity index (χ0) is 19.6. The van der Waals surface area contributed by atoms with Crippen LogP contribution in [0.3, 0.4) is 0 Å². The highest BCUT2D eigenvalue weighted by molar-refractivity contribution is 6.74. The lowest BCUT2D eigenvalue weighted by Crippen LogP contribution is -2.46. The van der Waals surface area contributed by atoms with E-state index < -0.39 is 8.32 Å². The molecule has 146 valence electrons. The first-order chi connectivity index (χ1) is 11.5. The van der Waals surface area contributed by atoms with Crippen molar-refractivity contribution in [1.29, 1.82) is 0 Å². The van der Waals surface area contributed by atoms with Crippen molar-refractivity contribution in [3.8, 4) is 11.8 Å². The maximum absolute atomic E-state index is 7.06. The largest absolute Gasteiger partial charge is 0.403 e. The Hall–Kier alpha value is -0.523. The zero-order valence-electron chi connectivity index (χ0n) is 18.5. The average Bonchev–Trinajstić information content (AvgIpc) is 2.40. The molecule has 0 saturated carbocycles. The van der Waals surface area contributed by atoms with Crippen LogP contribution in [-0.4, -0.2) is 14.4 Å². The first-order valence-corrected chi connectivity index (χ1v) is 12.9. The van der Waals surface area contributed by atoms with Gasteiger partial charge in [-0.1, -0.05) is 80.2 Å². The highest BCUT2D eigenvalue weighted by atomic mass is 28.4. The van der Waals surface area contributed by atoms with Gasteiger partial charge in [0.05, 0.1) is 0 Å². The molecule has 0 aromatic heterocycles. The Morgan fingerprint density at radius 2 is 1.36 bits per heavy atom. The van der Waals surface area contributed by atoms with Crippen LogP contribution < -0.4 is 0 Å². The summed E-state index contributed by atoms with van der Waals surface area (Å²) in [4.78, 5) is 0. The Bertz CT molecular complexity index is 412. The van der Waals surface area contributed by atoms with Gasteiger partial charge in [0.25, 0.3) is 0 Å². The molecular formula is C23H44OSi. The smallest absolute Gasteiger partial charge is 0.195 e. The highest BCUT2D eigenvalue weighted by Gasteiger charge is 2.40. The van der Waals surface area contributed by atoms with Gasteiger partial charge in [0.2, 0.25) is 0 Å². The Balaban J connectivity index is 5.74. The van der Waals surface area contributed by atoms with Crippen molar-refractivity contribution >= 4 is 8.32 Å². The first kappa shape index (κ1) is 24.5. The highest BCUT2D eigenvalue weighted by Crippen LogP contribution is 2.35. The van der Waals surface area contributed by atoms with Crippen molar-refractivity contribution in [2.75, 3.05) is 0 Å². The third kappa shape index (κ3) is 10.9. The minimum absolute atomic E-state index is 0.0552. The van der Waals surface area contributed by atoms with E-state index in [4.69, 9.17) is 4.43 Å². The molecule has 0 heterocycles. The SMILES string of the molecule is C=C(C)C#CC(O[Si](CC(C)C)(CC(C)C)CC(C)C)C(C)CCC. The lowest BCUT2D eigenvalue weighted by atomic mass is 10.00. The lowest BCUT2D eigenvalue weighted by molar-refractivity contribution is 0.169. The quantitative estimate of drug-likeness (QED) is 0.276. The van der Waals surface area contributed by atoms with Crippen LogP contribution in [0.2, 0.25) is 18.1 Å². The molecule has 0 aliphatic carbocycles. The first-order valence-electron chi connectivity index (χ1n) is 10.4. The van der Waals surface area contributed by atoms with Crippen LogP contribution >= 0.6 is 0 Å². The van der Waals surface area contributed by atoms with Crippen LogP contribution in [0, 0.1) is 35.5 Å². The minimum atomic E-state index is -1.84. The summed E-state index contributed by atoms with van der Waals surface area (Å²) in [5.74, 6) is 9.19. The summed E-state index contributed by atoms with van der Waals surface area (Å²) < 4.78 is 7.06. The molecule has 0 aliphatic rings. The van der Waals surface area contributed by atoms with Crippen LogP contribution in [-0.2, 0) is 4.43 Å². The Kier molecular flexibility index (Phi) is 11.7. The van der Waals surface area contributed by atoms with Crippen LogP contribution in [0.4, 0.5) is 0 Å². The van der Waals surface area contributed by atoms with E-state index in [-0.39, 0.29) is 6.10 Å². The number of rotatable bonds is 11. The summed E-state index contributed by atoms with van der Waals surface area (Å²) >= 11 is 0. The van der Waals surface area contributed by atoms with Gasteiger partial charge in [0, 0.05) is 0 Å². The van der Waals surface area contributed by atoms with Crippen LogP contribution in [0.15, 0.2) is 12.2 Å². The summed E-state index contributed by atoms with van der Waals surface area (Å²) in [6.45, 7) is 24.6. The summed E-state index contributed by atoms with van der Waals surface area (Å²) in [7, 11) is -1.84. The molecule has 2 heteroatoms. The average molecular weight is 365 g/mol. The Labute approximate surface area is 160 Å². The molecule has 0 aliphatic heterocycles. The van der Waals surface area contributed by atoms with E-state index >= 15 is 0 Å². The van der Waals surface area contributed by atoms with Gasteiger partial charge in [-0.05, 0) is 60.7 Å². The molecule has 2 atom stereocenters. The minimum Gasteiger partial charge on any atom is -0.403 e. The van der Waals surface area contributed by atoms with Gasteiger partial charge in [-0.2, -0.15) is 0 Å². The molecule has 0 bridgehead atoms. The number of hydrogen-bond acceptors (Lipinski definition) is 1. The summed E-state index contributed by atoms with van der Waals surface area (Å²) in [5, 5.41) is 0. The van der Waals surface area contributed by atoms with E-state index in [0.717, 1.165) is 5.57 Å². The molecule has 0 radical (unpaired) electrons. The normalized spacial score (nSPS) is 14.6. The molecule has 1 nitrogen and oxygen atoms in total. The fourth-order valence-corrected chi connectivity index (χ4v) is 10.1. The molecule has 0 aromatic carbocycles. The van der Waals surface area contributed by atoms with Gasteiger partial charge < -0.3 is 4.43 Å². The van der Waals surface area contributed by atoms with Gasteiger partial charge in [0.15, 0.2) is 8.32 Å². The maximum Gasteiger partial charge on any atom is 0.195 e. The van der Waals surface area contributed by atoms with E-state index in [1.165, 1.54) is 31.0 Å². The Morgan fingerprint density at radius 1 is 0.920 bits per heavy atom. The van der Waals surface area contributed by atoms with E-state index in [1.54, 1.807) is 0 Å². The molecule has 2 unspecified atom stereocenters. The van der Waals surface area contributed by atoms with Crippen LogP contribution in [0.25, 0.3) is 0 Å². The van der Waals surface area contributed by atoms with E-state index in [1.807, 2.05) is 6.92 Å². The van der Waals surface area contributed by atoms with Crippen LogP contribution in [0.1, 0.15) is 75.2 Å². The fourth-order valence-electron chi connectivity index (χ4n) is 3.98. The molecule has 0 fully saturated rings. The van der Waals surface area contributed by atoms with Gasteiger partial charge in [-0.3, -0.25) is 0 Å². The van der Waals surface area contributed by atoms with Crippen molar-refractivity contribution in [3.63, 3.8) is 0 Å². The summed E-state index contributed by atoms with van der Waals surface area (Å²) in [5.41, 5.74) is 0.932. The second-order valence-corrected chi connectivity index (χ2v) is 13.2. The topological polar surface area (TPSA) is 9.23 Å².